The minimum atomic E-state index is -0.440. The van der Waals surface area contributed by atoms with Gasteiger partial charge in [-0.3, -0.25) is 4.79 Å². The molecule has 0 aromatic heterocycles. The lowest BCUT2D eigenvalue weighted by atomic mass is 10.1. The summed E-state index contributed by atoms with van der Waals surface area (Å²) in [5, 5.41) is 3.29. The zero-order chi connectivity index (χ0) is 12.3. The maximum absolute atomic E-state index is 11.1. The molecule has 3 N–H and O–H groups in total. The van der Waals surface area contributed by atoms with Crippen molar-refractivity contribution >= 4 is 21.8 Å². The second-order valence-corrected chi connectivity index (χ2v) is 4.93. The van der Waals surface area contributed by atoms with E-state index < -0.39 is 5.91 Å². The molecule has 0 aliphatic carbocycles. The van der Waals surface area contributed by atoms with Crippen LogP contribution in [0, 0.1) is 0 Å². The van der Waals surface area contributed by atoms with Gasteiger partial charge in [0.05, 0.1) is 5.56 Å². The van der Waals surface area contributed by atoms with Gasteiger partial charge in [0.2, 0.25) is 5.91 Å². The van der Waals surface area contributed by atoms with Crippen molar-refractivity contribution in [1.82, 2.24) is 5.32 Å². The summed E-state index contributed by atoms with van der Waals surface area (Å²) >= 11 is 3.32. The molecule has 1 fully saturated rings. The topological polar surface area (TPSA) is 64.4 Å². The average Bonchev–Trinajstić information content (AvgIpc) is 2.30. The third kappa shape index (κ3) is 3.20. The predicted octanol–water partition coefficient (Wildman–Crippen LogP) is 1.68. The highest BCUT2D eigenvalue weighted by atomic mass is 79.9. The molecule has 1 amide bonds. The molecule has 1 aliphatic heterocycles. The largest absolute Gasteiger partial charge is 0.490 e. The molecule has 0 unspecified atom stereocenters. The van der Waals surface area contributed by atoms with E-state index in [9.17, 15) is 4.79 Å². The number of carbonyl (C=O) groups is 1. The lowest BCUT2D eigenvalue weighted by Gasteiger charge is -2.24. The summed E-state index contributed by atoms with van der Waals surface area (Å²) in [5.74, 6) is 0.332. The summed E-state index contributed by atoms with van der Waals surface area (Å²) in [5.41, 5.74) is 5.71. The number of hydrogen-bond acceptors (Lipinski definition) is 3. The molecule has 2 rings (SSSR count). The first-order valence-corrected chi connectivity index (χ1v) is 6.43. The van der Waals surface area contributed by atoms with Crippen molar-refractivity contribution in [1.29, 1.82) is 0 Å². The van der Waals surface area contributed by atoms with Gasteiger partial charge < -0.3 is 15.8 Å². The van der Waals surface area contributed by atoms with E-state index in [4.69, 9.17) is 10.5 Å². The summed E-state index contributed by atoms with van der Waals surface area (Å²) in [4.78, 5) is 11.1. The van der Waals surface area contributed by atoms with Crippen LogP contribution in [0.15, 0.2) is 22.7 Å². The van der Waals surface area contributed by atoms with Crippen LogP contribution in [0.4, 0.5) is 0 Å². The molecule has 1 aromatic rings. The molecule has 0 bridgehead atoms. The lowest BCUT2D eigenvalue weighted by Crippen LogP contribution is -2.34. The number of ether oxygens (including phenoxy) is 1. The van der Waals surface area contributed by atoms with Crippen LogP contribution in [-0.4, -0.2) is 25.1 Å². The highest BCUT2D eigenvalue weighted by molar-refractivity contribution is 9.10. The summed E-state index contributed by atoms with van der Waals surface area (Å²) < 4.78 is 6.53. The number of hydrogen-bond donors (Lipinski definition) is 2. The third-order valence-electron chi connectivity index (χ3n) is 2.79. The Bertz CT molecular complexity index is 417. The summed E-state index contributed by atoms with van der Waals surface area (Å²) in [7, 11) is 0. The summed E-state index contributed by atoms with van der Waals surface area (Å²) in [6.07, 6.45) is 2.27. The number of benzene rings is 1. The zero-order valence-corrected chi connectivity index (χ0v) is 11.0. The van der Waals surface area contributed by atoms with E-state index in [2.05, 4.69) is 21.2 Å². The molecule has 0 atom stereocenters. The Kier molecular flexibility index (Phi) is 4.02. The molecule has 1 saturated heterocycles. The summed E-state index contributed by atoms with van der Waals surface area (Å²) in [6, 6.07) is 5.26. The fourth-order valence-electron chi connectivity index (χ4n) is 1.87. The molecular formula is C12H15BrN2O2. The van der Waals surface area contributed by atoms with E-state index in [1.807, 2.05) is 0 Å². The monoisotopic (exact) mass is 298 g/mol. The van der Waals surface area contributed by atoms with Crippen LogP contribution < -0.4 is 15.8 Å². The van der Waals surface area contributed by atoms with E-state index in [1.54, 1.807) is 18.2 Å². The third-order valence-corrected chi connectivity index (χ3v) is 3.45. The van der Waals surface area contributed by atoms with Crippen LogP contribution in [0.5, 0.6) is 5.75 Å². The standard InChI is InChI=1S/C12H15BrN2O2/c13-11-7-9(1-2-10(11)12(14)16)17-8-3-5-15-6-4-8/h1-2,7-8,15H,3-6H2,(H2,14,16). The molecule has 17 heavy (non-hydrogen) atoms. The highest BCUT2D eigenvalue weighted by Crippen LogP contribution is 2.24. The van der Waals surface area contributed by atoms with Crippen molar-refractivity contribution in [2.45, 2.75) is 18.9 Å². The number of piperidine rings is 1. The van der Waals surface area contributed by atoms with Crippen molar-refractivity contribution in [3.05, 3.63) is 28.2 Å². The van der Waals surface area contributed by atoms with Gasteiger partial charge in [-0.1, -0.05) is 0 Å². The average molecular weight is 299 g/mol. The van der Waals surface area contributed by atoms with Crippen LogP contribution in [0.25, 0.3) is 0 Å². The number of amides is 1. The molecule has 1 aliphatic rings. The smallest absolute Gasteiger partial charge is 0.249 e. The van der Waals surface area contributed by atoms with Crippen LogP contribution in [0.2, 0.25) is 0 Å². The Morgan fingerprint density at radius 2 is 2.12 bits per heavy atom. The number of rotatable bonds is 3. The van der Waals surface area contributed by atoms with Gasteiger partial charge in [-0.25, -0.2) is 0 Å². The normalized spacial score (nSPS) is 16.8. The first-order valence-electron chi connectivity index (χ1n) is 5.63. The van der Waals surface area contributed by atoms with Crippen LogP contribution in [-0.2, 0) is 0 Å². The van der Waals surface area contributed by atoms with Crippen molar-refractivity contribution in [2.24, 2.45) is 5.73 Å². The molecule has 1 aromatic carbocycles. The van der Waals surface area contributed by atoms with Gasteiger partial charge in [-0.15, -0.1) is 0 Å². The second kappa shape index (κ2) is 5.51. The Morgan fingerprint density at radius 1 is 1.41 bits per heavy atom. The van der Waals surface area contributed by atoms with Gasteiger partial charge in [0.1, 0.15) is 11.9 Å². The van der Waals surface area contributed by atoms with Gasteiger partial charge in [-0.2, -0.15) is 0 Å². The number of halogens is 1. The van der Waals surface area contributed by atoms with Gasteiger partial charge in [-0.05, 0) is 60.1 Å². The van der Waals surface area contributed by atoms with Crippen molar-refractivity contribution < 1.29 is 9.53 Å². The van der Waals surface area contributed by atoms with E-state index in [0.717, 1.165) is 31.7 Å². The molecule has 0 spiro atoms. The van der Waals surface area contributed by atoms with Crippen LogP contribution in [0.1, 0.15) is 23.2 Å². The predicted molar refractivity (Wildman–Crippen MR) is 69.2 cm³/mol. The maximum Gasteiger partial charge on any atom is 0.249 e. The maximum atomic E-state index is 11.1. The van der Waals surface area contributed by atoms with Crippen LogP contribution >= 0.6 is 15.9 Å². The first kappa shape index (κ1) is 12.4. The number of nitrogens with two attached hydrogens (primary N) is 1. The van der Waals surface area contributed by atoms with E-state index in [-0.39, 0.29) is 6.10 Å². The fraction of sp³-hybridized carbons (Fsp3) is 0.417. The van der Waals surface area contributed by atoms with Gasteiger partial charge >= 0.3 is 0 Å². The quantitative estimate of drug-likeness (QED) is 0.892. The molecule has 1 heterocycles. The SMILES string of the molecule is NC(=O)c1ccc(OC2CCNCC2)cc1Br. The minimum Gasteiger partial charge on any atom is -0.490 e. The minimum absolute atomic E-state index is 0.252. The summed E-state index contributed by atoms with van der Waals surface area (Å²) in [6.45, 7) is 1.98. The van der Waals surface area contributed by atoms with Gasteiger partial charge in [0, 0.05) is 4.47 Å². The number of nitrogens with one attached hydrogen (secondary N) is 1. The Morgan fingerprint density at radius 3 is 2.71 bits per heavy atom. The highest BCUT2D eigenvalue weighted by Gasteiger charge is 2.15. The lowest BCUT2D eigenvalue weighted by molar-refractivity contribution is 0.0999. The molecular weight excluding hydrogens is 284 g/mol. The molecule has 0 saturated carbocycles. The number of primary amides is 1. The number of carbonyl (C=O) groups excluding carboxylic acids is 1. The fourth-order valence-corrected chi connectivity index (χ4v) is 2.43. The zero-order valence-electron chi connectivity index (χ0n) is 9.41. The molecule has 0 radical (unpaired) electrons. The van der Waals surface area contributed by atoms with Gasteiger partial charge in [0.15, 0.2) is 0 Å². The van der Waals surface area contributed by atoms with E-state index in [0.29, 0.717) is 10.0 Å². The van der Waals surface area contributed by atoms with E-state index in [1.165, 1.54) is 0 Å². The van der Waals surface area contributed by atoms with Crippen molar-refractivity contribution in [3.8, 4) is 5.75 Å². The molecule has 4 nitrogen and oxygen atoms in total. The second-order valence-electron chi connectivity index (χ2n) is 4.07. The molecule has 92 valence electrons. The van der Waals surface area contributed by atoms with Crippen molar-refractivity contribution in [2.75, 3.05) is 13.1 Å². The molecule has 5 heteroatoms. The first-order chi connectivity index (χ1) is 8.16. The van der Waals surface area contributed by atoms with E-state index >= 15 is 0 Å². The van der Waals surface area contributed by atoms with Crippen LogP contribution in [0.3, 0.4) is 0 Å². The van der Waals surface area contributed by atoms with Crippen molar-refractivity contribution in [3.63, 3.8) is 0 Å². The van der Waals surface area contributed by atoms with Gasteiger partial charge in [0.25, 0.3) is 0 Å². The Balaban J connectivity index is 2.06. The Labute approximate surface area is 109 Å². The Hall–Kier alpha value is -1.07.